The third-order valence-corrected chi connectivity index (χ3v) is 5.84. The largest absolute Gasteiger partial charge is 0.317 e. The summed E-state index contributed by atoms with van der Waals surface area (Å²) in [6.45, 7) is 6.02. The standard InChI is InChI=1S/C16H26N2O2S/c1-3-10-17-11-6-7-12-21(19,20)18-14(2)13-15-8-4-5-9-16(15)18/h4-5,8-9,14,17H,3,6-7,10-13H2,1-2H3. The van der Waals surface area contributed by atoms with Gasteiger partial charge in [0.15, 0.2) is 0 Å². The fraction of sp³-hybridized carbons (Fsp3) is 0.625. The maximum atomic E-state index is 12.6. The lowest BCUT2D eigenvalue weighted by Gasteiger charge is -2.24. The van der Waals surface area contributed by atoms with Gasteiger partial charge in [0.1, 0.15) is 0 Å². The van der Waals surface area contributed by atoms with Crippen LogP contribution in [0.2, 0.25) is 0 Å². The van der Waals surface area contributed by atoms with Gasteiger partial charge < -0.3 is 5.32 Å². The van der Waals surface area contributed by atoms with Crippen molar-refractivity contribution in [2.24, 2.45) is 0 Å². The van der Waals surface area contributed by atoms with Crippen LogP contribution < -0.4 is 9.62 Å². The monoisotopic (exact) mass is 310 g/mol. The van der Waals surface area contributed by atoms with Crippen LogP contribution in [0, 0.1) is 0 Å². The highest BCUT2D eigenvalue weighted by atomic mass is 32.2. The highest BCUT2D eigenvalue weighted by Gasteiger charge is 2.34. The first kappa shape index (κ1) is 16.3. The van der Waals surface area contributed by atoms with E-state index in [9.17, 15) is 8.42 Å². The molecule has 21 heavy (non-hydrogen) atoms. The summed E-state index contributed by atoms with van der Waals surface area (Å²) < 4.78 is 26.8. The number of nitrogens with one attached hydrogen (secondary N) is 1. The summed E-state index contributed by atoms with van der Waals surface area (Å²) in [5.41, 5.74) is 2.01. The second-order valence-corrected chi connectivity index (χ2v) is 7.72. The van der Waals surface area contributed by atoms with Crippen molar-refractivity contribution in [2.75, 3.05) is 23.1 Å². The van der Waals surface area contributed by atoms with E-state index >= 15 is 0 Å². The fourth-order valence-electron chi connectivity index (χ4n) is 2.90. The zero-order valence-corrected chi connectivity index (χ0v) is 13.8. The van der Waals surface area contributed by atoms with Gasteiger partial charge in [-0.05, 0) is 57.3 Å². The lowest BCUT2D eigenvalue weighted by Crippen LogP contribution is -2.37. The van der Waals surface area contributed by atoms with Crippen molar-refractivity contribution < 1.29 is 8.42 Å². The smallest absolute Gasteiger partial charge is 0.235 e. The van der Waals surface area contributed by atoms with E-state index < -0.39 is 10.0 Å². The van der Waals surface area contributed by atoms with Crippen LogP contribution in [0.5, 0.6) is 0 Å². The molecule has 118 valence electrons. The Kier molecular flexibility index (Phi) is 5.65. The molecule has 1 aliphatic rings. The SMILES string of the molecule is CCCNCCCCS(=O)(=O)N1c2ccccc2CC1C. The van der Waals surface area contributed by atoms with Crippen molar-refractivity contribution in [1.82, 2.24) is 5.32 Å². The minimum absolute atomic E-state index is 0.0330. The molecule has 2 rings (SSSR count). The number of benzene rings is 1. The summed E-state index contributed by atoms with van der Waals surface area (Å²) in [5, 5.41) is 3.31. The fourth-order valence-corrected chi connectivity index (χ4v) is 4.76. The van der Waals surface area contributed by atoms with Crippen LogP contribution in [0.3, 0.4) is 0 Å². The Labute approximate surface area is 128 Å². The molecule has 1 aromatic rings. The van der Waals surface area contributed by atoms with E-state index in [4.69, 9.17) is 0 Å². The molecule has 0 fully saturated rings. The molecule has 0 radical (unpaired) electrons. The van der Waals surface area contributed by atoms with Gasteiger partial charge in [-0.2, -0.15) is 0 Å². The summed E-state index contributed by atoms with van der Waals surface area (Å²) in [6.07, 6.45) is 3.54. The van der Waals surface area contributed by atoms with Crippen molar-refractivity contribution >= 4 is 15.7 Å². The van der Waals surface area contributed by atoms with Crippen molar-refractivity contribution in [3.8, 4) is 0 Å². The Morgan fingerprint density at radius 2 is 2.00 bits per heavy atom. The van der Waals surface area contributed by atoms with Crippen LogP contribution >= 0.6 is 0 Å². The Hall–Kier alpha value is -1.07. The van der Waals surface area contributed by atoms with Crippen LogP contribution in [0.1, 0.15) is 38.7 Å². The van der Waals surface area contributed by atoms with E-state index in [0.717, 1.165) is 43.6 Å². The average Bonchev–Trinajstić information content (AvgIpc) is 2.79. The average molecular weight is 310 g/mol. The molecule has 1 aromatic carbocycles. The van der Waals surface area contributed by atoms with E-state index in [-0.39, 0.29) is 11.8 Å². The van der Waals surface area contributed by atoms with Gasteiger partial charge in [0, 0.05) is 6.04 Å². The van der Waals surface area contributed by atoms with E-state index in [0.29, 0.717) is 6.42 Å². The van der Waals surface area contributed by atoms with E-state index in [1.54, 1.807) is 4.31 Å². The number of para-hydroxylation sites is 1. The summed E-state index contributed by atoms with van der Waals surface area (Å²) in [6, 6.07) is 7.86. The van der Waals surface area contributed by atoms with Gasteiger partial charge in [0.25, 0.3) is 0 Å². The number of unbranched alkanes of at least 4 members (excludes halogenated alkanes) is 1. The van der Waals surface area contributed by atoms with Gasteiger partial charge in [-0.25, -0.2) is 8.42 Å². The van der Waals surface area contributed by atoms with Crippen molar-refractivity contribution in [3.05, 3.63) is 29.8 Å². The lowest BCUT2D eigenvalue weighted by molar-refractivity contribution is 0.575. The van der Waals surface area contributed by atoms with Gasteiger partial charge >= 0.3 is 0 Å². The molecule has 4 nitrogen and oxygen atoms in total. The predicted molar refractivity (Wildman–Crippen MR) is 88.3 cm³/mol. The molecule has 1 atom stereocenters. The number of hydrogen-bond donors (Lipinski definition) is 1. The van der Waals surface area contributed by atoms with Gasteiger partial charge in [-0.1, -0.05) is 25.1 Å². The van der Waals surface area contributed by atoms with E-state index in [1.807, 2.05) is 31.2 Å². The van der Waals surface area contributed by atoms with Crippen LogP contribution in [-0.2, 0) is 16.4 Å². The molecule has 1 heterocycles. The Bertz CT molecular complexity index is 557. The Morgan fingerprint density at radius 1 is 1.24 bits per heavy atom. The van der Waals surface area contributed by atoms with E-state index in [1.165, 1.54) is 0 Å². The maximum Gasteiger partial charge on any atom is 0.235 e. The normalized spacial score (nSPS) is 18.0. The van der Waals surface area contributed by atoms with Gasteiger partial charge in [-0.3, -0.25) is 4.31 Å². The van der Waals surface area contributed by atoms with Crippen molar-refractivity contribution in [2.45, 2.75) is 45.6 Å². The summed E-state index contributed by atoms with van der Waals surface area (Å²) in [7, 11) is -3.21. The predicted octanol–water partition coefficient (Wildman–Crippen LogP) is 2.55. The molecular formula is C16H26N2O2S. The summed E-state index contributed by atoms with van der Waals surface area (Å²) in [5.74, 6) is 0.236. The molecule has 1 unspecified atom stereocenters. The maximum absolute atomic E-state index is 12.6. The number of rotatable bonds is 8. The van der Waals surface area contributed by atoms with Crippen molar-refractivity contribution in [3.63, 3.8) is 0 Å². The van der Waals surface area contributed by atoms with Gasteiger partial charge in [0.05, 0.1) is 11.4 Å². The number of fused-ring (bicyclic) bond motifs is 1. The molecule has 0 spiro atoms. The molecule has 0 amide bonds. The third-order valence-electron chi connectivity index (χ3n) is 3.88. The Morgan fingerprint density at radius 3 is 2.76 bits per heavy atom. The quantitative estimate of drug-likeness (QED) is 0.751. The molecule has 0 aliphatic carbocycles. The zero-order valence-electron chi connectivity index (χ0n) is 13.0. The molecule has 0 saturated carbocycles. The first-order valence-electron chi connectivity index (χ1n) is 7.87. The lowest BCUT2D eigenvalue weighted by atomic mass is 10.1. The molecular weight excluding hydrogens is 284 g/mol. The molecule has 0 aromatic heterocycles. The first-order valence-corrected chi connectivity index (χ1v) is 9.48. The molecule has 0 bridgehead atoms. The highest BCUT2D eigenvalue weighted by Crippen LogP contribution is 2.34. The van der Waals surface area contributed by atoms with Crippen LogP contribution in [0.15, 0.2) is 24.3 Å². The van der Waals surface area contributed by atoms with Gasteiger partial charge in [-0.15, -0.1) is 0 Å². The second-order valence-electron chi connectivity index (χ2n) is 5.75. The third kappa shape index (κ3) is 3.98. The zero-order chi connectivity index (χ0) is 15.3. The van der Waals surface area contributed by atoms with Crippen LogP contribution in [-0.4, -0.2) is 33.3 Å². The molecule has 1 N–H and O–H groups in total. The Balaban J connectivity index is 1.94. The molecule has 0 saturated heterocycles. The topological polar surface area (TPSA) is 49.4 Å². The minimum atomic E-state index is -3.21. The summed E-state index contributed by atoms with van der Waals surface area (Å²) >= 11 is 0. The summed E-state index contributed by atoms with van der Waals surface area (Å²) in [4.78, 5) is 0. The number of hydrogen-bond acceptors (Lipinski definition) is 3. The highest BCUT2D eigenvalue weighted by molar-refractivity contribution is 7.92. The van der Waals surface area contributed by atoms with Crippen molar-refractivity contribution in [1.29, 1.82) is 0 Å². The van der Waals surface area contributed by atoms with E-state index in [2.05, 4.69) is 12.2 Å². The second kappa shape index (κ2) is 7.27. The minimum Gasteiger partial charge on any atom is -0.317 e. The van der Waals surface area contributed by atoms with Crippen LogP contribution in [0.4, 0.5) is 5.69 Å². The molecule has 1 aliphatic heterocycles. The number of nitrogens with zero attached hydrogens (tertiary/aromatic N) is 1. The first-order chi connectivity index (χ1) is 10.1. The number of anilines is 1. The van der Waals surface area contributed by atoms with Crippen LogP contribution in [0.25, 0.3) is 0 Å². The van der Waals surface area contributed by atoms with Gasteiger partial charge in [0.2, 0.25) is 10.0 Å². The molecule has 5 heteroatoms. The number of sulfonamides is 1.